The molecular formula is C14H20ClNO2. The molecule has 1 aromatic rings. The molecule has 1 atom stereocenters. The van der Waals surface area contributed by atoms with Crippen molar-refractivity contribution in [1.29, 1.82) is 0 Å². The van der Waals surface area contributed by atoms with Gasteiger partial charge in [-0.1, -0.05) is 37.4 Å². The highest BCUT2D eigenvalue weighted by molar-refractivity contribution is 6.30. The first kappa shape index (κ1) is 14.8. The number of halogens is 1. The number of benzene rings is 1. The molecule has 0 saturated heterocycles. The van der Waals surface area contributed by atoms with E-state index < -0.39 is 0 Å². The van der Waals surface area contributed by atoms with Crippen LogP contribution in [0.3, 0.4) is 0 Å². The van der Waals surface area contributed by atoms with Gasteiger partial charge in [0.2, 0.25) is 0 Å². The van der Waals surface area contributed by atoms with Crippen molar-refractivity contribution in [1.82, 2.24) is 0 Å². The fraction of sp³-hybridized carbons (Fsp3) is 0.500. The number of carbonyl (C=O) groups is 1. The molecular weight excluding hydrogens is 250 g/mol. The van der Waals surface area contributed by atoms with Crippen molar-refractivity contribution in [2.45, 2.75) is 39.2 Å². The summed E-state index contributed by atoms with van der Waals surface area (Å²) in [6.45, 7) is 4.08. The van der Waals surface area contributed by atoms with E-state index in [0.717, 1.165) is 30.5 Å². The van der Waals surface area contributed by atoms with Crippen LogP contribution < -0.4 is 5.32 Å². The molecule has 0 aliphatic carbocycles. The molecule has 18 heavy (non-hydrogen) atoms. The number of hydrogen-bond donors (Lipinski definition) is 1. The van der Waals surface area contributed by atoms with E-state index in [0.29, 0.717) is 5.02 Å². The van der Waals surface area contributed by atoms with Gasteiger partial charge in [-0.2, -0.15) is 0 Å². The molecule has 0 aromatic heterocycles. The summed E-state index contributed by atoms with van der Waals surface area (Å²) >= 11 is 5.96. The number of rotatable bonds is 6. The van der Waals surface area contributed by atoms with E-state index in [1.807, 2.05) is 25.1 Å². The monoisotopic (exact) mass is 269 g/mol. The van der Waals surface area contributed by atoms with Crippen LogP contribution in [0.5, 0.6) is 0 Å². The van der Waals surface area contributed by atoms with Crippen LogP contribution in [0.4, 0.5) is 5.69 Å². The molecule has 0 fully saturated rings. The second-order valence-corrected chi connectivity index (χ2v) is 4.76. The fourth-order valence-corrected chi connectivity index (χ4v) is 1.91. The van der Waals surface area contributed by atoms with Gasteiger partial charge in [-0.3, -0.25) is 0 Å². The number of carbonyl (C=O) groups excluding carboxylic acids is 1. The second kappa shape index (κ2) is 7.27. The molecule has 1 unspecified atom stereocenters. The lowest BCUT2D eigenvalue weighted by Gasteiger charge is -2.19. The number of unbranched alkanes of at least 4 members (excludes halogenated alkanes) is 1. The van der Waals surface area contributed by atoms with Crippen LogP contribution in [0.15, 0.2) is 18.2 Å². The summed E-state index contributed by atoms with van der Waals surface area (Å²) in [5.74, 6) is -0.233. The molecule has 0 spiro atoms. The van der Waals surface area contributed by atoms with Gasteiger partial charge >= 0.3 is 5.97 Å². The van der Waals surface area contributed by atoms with E-state index >= 15 is 0 Å². The Labute approximate surface area is 113 Å². The van der Waals surface area contributed by atoms with Crippen molar-refractivity contribution in [3.05, 3.63) is 28.8 Å². The largest absolute Gasteiger partial charge is 0.467 e. The van der Waals surface area contributed by atoms with Crippen molar-refractivity contribution in [2.75, 3.05) is 12.4 Å². The van der Waals surface area contributed by atoms with E-state index in [9.17, 15) is 4.79 Å². The average Bonchev–Trinajstić information content (AvgIpc) is 2.37. The smallest absolute Gasteiger partial charge is 0.328 e. The van der Waals surface area contributed by atoms with Crippen molar-refractivity contribution in [3.63, 3.8) is 0 Å². The Hall–Kier alpha value is -1.22. The van der Waals surface area contributed by atoms with Gasteiger partial charge < -0.3 is 10.1 Å². The Morgan fingerprint density at radius 3 is 2.83 bits per heavy atom. The number of anilines is 1. The summed E-state index contributed by atoms with van der Waals surface area (Å²) in [6, 6.07) is 5.28. The van der Waals surface area contributed by atoms with E-state index in [1.165, 1.54) is 7.11 Å². The molecule has 0 saturated carbocycles. The maximum absolute atomic E-state index is 11.7. The van der Waals surface area contributed by atoms with Crippen LogP contribution in [-0.4, -0.2) is 19.1 Å². The number of hydrogen-bond acceptors (Lipinski definition) is 3. The minimum atomic E-state index is -0.313. The van der Waals surface area contributed by atoms with Crippen LogP contribution in [0, 0.1) is 6.92 Å². The second-order valence-electron chi connectivity index (χ2n) is 4.32. The van der Waals surface area contributed by atoms with Gasteiger partial charge in [0.25, 0.3) is 0 Å². The minimum Gasteiger partial charge on any atom is -0.467 e. The summed E-state index contributed by atoms with van der Waals surface area (Å²) in [6.07, 6.45) is 2.78. The van der Waals surface area contributed by atoms with Crippen molar-refractivity contribution >= 4 is 23.3 Å². The SMILES string of the molecule is CCCCC(Nc1cc(Cl)ccc1C)C(=O)OC. The Balaban J connectivity index is 2.81. The molecule has 3 nitrogen and oxygen atoms in total. The van der Waals surface area contributed by atoms with Gasteiger partial charge in [0.1, 0.15) is 6.04 Å². The highest BCUT2D eigenvalue weighted by Gasteiger charge is 2.18. The molecule has 1 rings (SSSR count). The predicted octanol–water partition coefficient (Wildman–Crippen LogP) is 3.79. The van der Waals surface area contributed by atoms with E-state index in [4.69, 9.17) is 16.3 Å². The van der Waals surface area contributed by atoms with Crippen LogP contribution in [0.1, 0.15) is 31.7 Å². The number of nitrogens with one attached hydrogen (secondary N) is 1. The molecule has 4 heteroatoms. The van der Waals surface area contributed by atoms with Gasteiger partial charge in [0.05, 0.1) is 7.11 Å². The summed E-state index contributed by atoms with van der Waals surface area (Å²) < 4.78 is 4.82. The zero-order valence-corrected chi connectivity index (χ0v) is 11.9. The molecule has 100 valence electrons. The zero-order valence-electron chi connectivity index (χ0n) is 11.1. The standard InChI is InChI=1S/C14H20ClNO2/c1-4-5-6-12(14(17)18-3)16-13-9-11(15)8-7-10(13)2/h7-9,12,16H,4-6H2,1-3H3. The summed E-state index contributed by atoms with van der Waals surface area (Å²) in [7, 11) is 1.41. The first-order valence-electron chi connectivity index (χ1n) is 6.19. The lowest BCUT2D eigenvalue weighted by molar-refractivity contribution is -0.141. The molecule has 0 aliphatic rings. The number of esters is 1. The lowest BCUT2D eigenvalue weighted by atomic mass is 10.1. The Bertz CT molecular complexity index is 407. The van der Waals surface area contributed by atoms with E-state index in [-0.39, 0.29) is 12.0 Å². The Morgan fingerprint density at radius 1 is 1.50 bits per heavy atom. The number of aryl methyl sites for hydroxylation is 1. The fourth-order valence-electron chi connectivity index (χ4n) is 1.74. The Morgan fingerprint density at radius 2 is 2.22 bits per heavy atom. The third-order valence-electron chi connectivity index (χ3n) is 2.86. The van der Waals surface area contributed by atoms with Crippen LogP contribution in [0.2, 0.25) is 5.02 Å². The first-order valence-corrected chi connectivity index (χ1v) is 6.56. The molecule has 0 bridgehead atoms. The minimum absolute atomic E-state index is 0.233. The maximum atomic E-state index is 11.7. The first-order chi connectivity index (χ1) is 8.58. The van der Waals surface area contributed by atoms with Crippen LogP contribution >= 0.6 is 11.6 Å². The van der Waals surface area contributed by atoms with Crippen molar-refractivity contribution in [2.24, 2.45) is 0 Å². The van der Waals surface area contributed by atoms with Crippen LogP contribution in [-0.2, 0) is 9.53 Å². The maximum Gasteiger partial charge on any atom is 0.328 e. The molecule has 0 heterocycles. The molecule has 0 radical (unpaired) electrons. The van der Waals surface area contributed by atoms with E-state index in [2.05, 4.69) is 12.2 Å². The van der Waals surface area contributed by atoms with Crippen molar-refractivity contribution < 1.29 is 9.53 Å². The normalized spacial score (nSPS) is 12.0. The van der Waals surface area contributed by atoms with Gasteiger partial charge in [-0.25, -0.2) is 4.79 Å². The topological polar surface area (TPSA) is 38.3 Å². The summed E-state index contributed by atoms with van der Waals surface area (Å²) in [4.78, 5) is 11.7. The number of ether oxygens (including phenoxy) is 1. The average molecular weight is 270 g/mol. The highest BCUT2D eigenvalue weighted by atomic mass is 35.5. The third-order valence-corrected chi connectivity index (χ3v) is 3.10. The summed E-state index contributed by atoms with van der Waals surface area (Å²) in [5.41, 5.74) is 1.94. The van der Waals surface area contributed by atoms with Gasteiger partial charge in [0.15, 0.2) is 0 Å². The lowest BCUT2D eigenvalue weighted by Crippen LogP contribution is -2.30. The van der Waals surface area contributed by atoms with Crippen molar-refractivity contribution in [3.8, 4) is 0 Å². The van der Waals surface area contributed by atoms with E-state index in [1.54, 1.807) is 0 Å². The molecule has 0 aliphatic heterocycles. The van der Waals surface area contributed by atoms with Crippen LogP contribution in [0.25, 0.3) is 0 Å². The Kier molecular flexibility index (Phi) is 5.99. The molecule has 1 aromatic carbocycles. The van der Waals surface area contributed by atoms with Gasteiger partial charge in [-0.05, 0) is 31.0 Å². The van der Waals surface area contributed by atoms with Gasteiger partial charge in [0, 0.05) is 10.7 Å². The molecule has 1 N–H and O–H groups in total. The molecule has 0 amide bonds. The number of methoxy groups -OCH3 is 1. The quantitative estimate of drug-likeness (QED) is 0.799. The summed E-state index contributed by atoms with van der Waals surface area (Å²) in [5, 5.41) is 3.87. The predicted molar refractivity (Wildman–Crippen MR) is 75.1 cm³/mol. The zero-order chi connectivity index (χ0) is 13.5. The third kappa shape index (κ3) is 4.22. The van der Waals surface area contributed by atoms with Gasteiger partial charge in [-0.15, -0.1) is 0 Å². The highest BCUT2D eigenvalue weighted by Crippen LogP contribution is 2.22.